The number of aromatic nitrogens is 2. The summed E-state index contributed by atoms with van der Waals surface area (Å²) in [4.78, 5) is 19.7. The lowest BCUT2D eigenvalue weighted by molar-refractivity contribution is -0.117. The van der Waals surface area contributed by atoms with Crippen LogP contribution in [0.1, 0.15) is 11.1 Å². The Bertz CT molecular complexity index is 410. The molecule has 2 rings (SSSR count). The van der Waals surface area contributed by atoms with Gasteiger partial charge < -0.3 is 0 Å². The number of pyridine rings is 2. The molecule has 3 heteroatoms. The highest BCUT2D eigenvalue weighted by molar-refractivity contribution is 5.82. The fourth-order valence-corrected chi connectivity index (χ4v) is 1.52. The van der Waals surface area contributed by atoms with Gasteiger partial charge in [0.1, 0.15) is 5.78 Å². The summed E-state index contributed by atoms with van der Waals surface area (Å²) in [5, 5.41) is 0. The Morgan fingerprint density at radius 2 is 1.44 bits per heavy atom. The van der Waals surface area contributed by atoms with Gasteiger partial charge >= 0.3 is 0 Å². The smallest absolute Gasteiger partial charge is 0.141 e. The number of ketones is 1. The zero-order chi connectivity index (χ0) is 11.2. The van der Waals surface area contributed by atoms with Gasteiger partial charge in [0.15, 0.2) is 0 Å². The molecule has 0 aromatic carbocycles. The number of hydrogen-bond acceptors (Lipinski definition) is 3. The molecule has 0 atom stereocenters. The second kappa shape index (κ2) is 5.16. The predicted octanol–water partition coefficient (Wildman–Crippen LogP) is 1.83. The molecule has 0 amide bonds. The lowest BCUT2D eigenvalue weighted by Crippen LogP contribution is -2.06. The normalized spacial score (nSPS) is 10.0. The van der Waals surface area contributed by atoms with Crippen LogP contribution in [-0.4, -0.2) is 15.8 Å². The van der Waals surface area contributed by atoms with Gasteiger partial charge in [-0.05, 0) is 23.3 Å². The molecule has 0 saturated heterocycles. The Morgan fingerprint density at radius 1 is 0.938 bits per heavy atom. The SMILES string of the molecule is O=C(Cc1cccnc1)Cc1cccnc1. The first-order valence-corrected chi connectivity index (χ1v) is 5.14. The fraction of sp³-hybridized carbons (Fsp3) is 0.154. The van der Waals surface area contributed by atoms with E-state index in [0.29, 0.717) is 12.8 Å². The van der Waals surface area contributed by atoms with Crippen molar-refractivity contribution in [1.29, 1.82) is 0 Å². The number of carbonyl (C=O) groups excluding carboxylic acids is 1. The molecule has 0 aliphatic heterocycles. The molecule has 0 bridgehead atoms. The van der Waals surface area contributed by atoms with Crippen LogP contribution in [0, 0.1) is 0 Å². The lowest BCUT2D eigenvalue weighted by atomic mass is 10.1. The highest BCUT2D eigenvalue weighted by Gasteiger charge is 2.04. The first-order chi connectivity index (χ1) is 7.84. The van der Waals surface area contributed by atoms with Gasteiger partial charge in [-0.3, -0.25) is 14.8 Å². The van der Waals surface area contributed by atoms with Crippen LogP contribution in [0.2, 0.25) is 0 Å². The molecule has 0 saturated carbocycles. The van der Waals surface area contributed by atoms with Crippen LogP contribution >= 0.6 is 0 Å². The van der Waals surface area contributed by atoms with Gasteiger partial charge in [0.2, 0.25) is 0 Å². The minimum absolute atomic E-state index is 0.181. The summed E-state index contributed by atoms with van der Waals surface area (Å²) in [7, 11) is 0. The van der Waals surface area contributed by atoms with Crippen LogP contribution in [0.5, 0.6) is 0 Å². The minimum atomic E-state index is 0.181. The molecule has 0 radical (unpaired) electrons. The van der Waals surface area contributed by atoms with Crippen molar-refractivity contribution in [2.75, 3.05) is 0 Å². The standard InChI is InChI=1S/C13H12N2O/c16-13(7-11-3-1-5-14-9-11)8-12-4-2-6-15-10-12/h1-6,9-10H,7-8H2. The summed E-state index contributed by atoms with van der Waals surface area (Å²) < 4.78 is 0. The molecule has 0 N–H and O–H groups in total. The Kier molecular flexibility index (Phi) is 3.38. The highest BCUT2D eigenvalue weighted by atomic mass is 16.1. The number of carbonyl (C=O) groups is 1. The van der Waals surface area contributed by atoms with Crippen molar-refractivity contribution in [1.82, 2.24) is 9.97 Å². The summed E-state index contributed by atoms with van der Waals surface area (Å²) >= 11 is 0. The molecule has 80 valence electrons. The van der Waals surface area contributed by atoms with Gasteiger partial charge in [0.05, 0.1) is 0 Å². The van der Waals surface area contributed by atoms with Crippen LogP contribution in [0.4, 0.5) is 0 Å². The maximum atomic E-state index is 11.7. The monoisotopic (exact) mass is 212 g/mol. The van der Waals surface area contributed by atoms with Crippen LogP contribution < -0.4 is 0 Å². The molecule has 0 aliphatic carbocycles. The Hall–Kier alpha value is -2.03. The molecule has 2 aromatic rings. The molecule has 16 heavy (non-hydrogen) atoms. The maximum absolute atomic E-state index is 11.7. The summed E-state index contributed by atoms with van der Waals surface area (Å²) in [6.45, 7) is 0. The molecule has 2 heterocycles. The van der Waals surface area contributed by atoms with E-state index in [2.05, 4.69) is 9.97 Å². The first-order valence-electron chi connectivity index (χ1n) is 5.14. The minimum Gasteiger partial charge on any atom is -0.299 e. The van der Waals surface area contributed by atoms with Crippen molar-refractivity contribution in [2.24, 2.45) is 0 Å². The van der Waals surface area contributed by atoms with Gasteiger partial charge in [-0.25, -0.2) is 0 Å². The van der Waals surface area contributed by atoms with Crippen molar-refractivity contribution in [3.8, 4) is 0 Å². The molecule has 0 fully saturated rings. The molecular weight excluding hydrogens is 200 g/mol. The average Bonchev–Trinajstić information content (AvgIpc) is 2.31. The van der Waals surface area contributed by atoms with Crippen molar-refractivity contribution in [3.05, 3.63) is 60.2 Å². The van der Waals surface area contributed by atoms with E-state index in [1.807, 2.05) is 24.3 Å². The summed E-state index contributed by atoms with van der Waals surface area (Å²) in [6, 6.07) is 7.50. The van der Waals surface area contributed by atoms with Crippen molar-refractivity contribution in [3.63, 3.8) is 0 Å². The van der Waals surface area contributed by atoms with Gasteiger partial charge in [-0.1, -0.05) is 12.1 Å². The average molecular weight is 212 g/mol. The molecule has 3 nitrogen and oxygen atoms in total. The third-order valence-corrected chi connectivity index (χ3v) is 2.25. The lowest BCUT2D eigenvalue weighted by Gasteiger charge is -2.00. The molecule has 0 unspecified atom stereocenters. The van der Waals surface area contributed by atoms with Gasteiger partial charge in [0, 0.05) is 37.6 Å². The molecule has 0 spiro atoms. The second-order valence-electron chi connectivity index (χ2n) is 3.61. The van der Waals surface area contributed by atoms with Gasteiger partial charge in [-0.15, -0.1) is 0 Å². The maximum Gasteiger partial charge on any atom is 0.141 e. The van der Waals surface area contributed by atoms with E-state index < -0.39 is 0 Å². The van der Waals surface area contributed by atoms with Crippen molar-refractivity contribution in [2.45, 2.75) is 12.8 Å². The zero-order valence-corrected chi connectivity index (χ0v) is 8.84. The fourth-order valence-electron chi connectivity index (χ4n) is 1.52. The van der Waals surface area contributed by atoms with Crippen LogP contribution in [-0.2, 0) is 17.6 Å². The highest BCUT2D eigenvalue weighted by Crippen LogP contribution is 2.03. The largest absolute Gasteiger partial charge is 0.299 e. The number of nitrogens with zero attached hydrogens (tertiary/aromatic N) is 2. The van der Waals surface area contributed by atoms with Crippen LogP contribution in [0.15, 0.2) is 49.1 Å². The zero-order valence-electron chi connectivity index (χ0n) is 8.84. The molecular formula is C13H12N2O. The van der Waals surface area contributed by atoms with Crippen LogP contribution in [0.3, 0.4) is 0 Å². The second-order valence-corrected chi connectivity index (χ2v) is 3.61. The van der Waals surface area contributed by atoms with E-state index in [1.54, 1.807) is 24.8 Å². The van der Waals surface area contributed by atoms with E-state index in [9.17, 15) is 4.79 Å². The van der Waals surface area contributed by atoms with E-state index in [0.717, 1.165) is 11.1 Å². The number of Topliss-reactive ketones (excluding diaryl/α,β-unsaturated/α-hetero) is 1. The topological polar surface area (TPSA) is 42.9 Å². The van der Waals surface area contributed by atoms with Crippen molar-refractivity contribution >= 4 is 5.78 Å². The van der Waals surface area contributed by atoms with Crippen LogP contribution in [0.25, 0.3) is 0 Å². The van der Waals surface area contributed by atoms with Gasteiger partial charge in [0.25, 0.3) is 0 Å². The van der Waals surface area contributed by atoms with E-state index >= 15 is 0 Å². The van der Waals surface area contributed by atoms with E-state index in [4.69, 9.17) is 0 Å². The van der Waals surface area contributed by atoms with E-state index in [-0.39, 0.29) is 5.78 Å². The van der Waals surface area contributed by atoms with Gasteiger partial charge in [-0.2, -0.15) is 0 Å². The molecule has 0 aliphatic rings. The Labute approximate surface area is 94.2 Å². The summed E-state index contributed by atoms with van der Waals surface area (Å²) in [5.41, 5.74) is 1.91. The van der Waals surface area contributed by atoms with E-state index in [1.165, 1.54) is 0 Å². The summed E-state index contributed by atoms with van der Waals surface area (Å²) in [6.07, 6.45) is 7.72. The Morgan fingerprint density at radius 3 is 1.81 bits per heavy atom. The quantitative estimate of drug-likeness (QED) is 0.776. The Balaban J connectivity index is 1.95. The third-order valence-electron chi connectivity index (χ3n) is 2.25. The third kappa shape index (κ3) is 2.98. The number of rotatable bonds is 4. The molecule has 2 aromatic heterocycles. The predicted molar refractivity (Wildman–Crippen MR) is 60.9 cm³/mol. The summed E-state index contributed by atoms with van der Waals surface area (Å²) in [5.74, 6) is 0.181. The first kappa shape index (κ1) is 10.5. The van der Waals surface area contributed by atoms with Crippen molar-refractivity contribution < 1.29 is 4.79 Å². The number of hydrogen-bond donors (Lipinski definition) is 0.